The van der Waals surface area contributed by atoms with Crippen LogP contribution in [0.15, 0.2) is 47.6 Å². The minimum absolute atomic E-state index is 0.0911. The summed E-state index contributed by atoms with van der Waals surface area (Å²) >= 11 is 1.33. The quantitative estimate of drug-likeness (QED) is 0.428. The molecule has 180 valence electrons. The van der Waals surface area contributed by atoms with Crippen LogP contribution < -0.4 is 10.6 Å². The summed E-state index contributed by atoms with van der Waals surface area (Å²) in [5.74, 6) is 0.732. The lowest BCUT2D eigenvalue weighted by atomic mass is 10.0. The molecule has 0 saturated heterocycles. The van der Waals surface area contributed by atoms with E-state index < -0.39 is 0 Å². The van der Waals surface area contributed by atoms with Gasteiger partial charge >= 0.3 is 0 Å². The second-order valence-electron chi connectivity index (χ2n) is 8.76. The van der Waals surface area contributed by atoms with Crippen molar-refractivity contribution in [2.75, 3.05) is 11.1 Å². The van der Waals surface area contributed by atoms with Crippen molar-refractivity contribution in [2.24, 2.45) is 13.0 Å². The third-order valence-corrected chi connectivity index (χ3v) is 6.77. The SMILES string of the molecule is CCc1cccc(C)c1NC(=O)CSc1nnc([C@@H](NC(=O)c2ccc(C)cc2)C(C)C)n1C. The van der Waals surface area contributed by atoms with Crippen LogP contribution in [0.1, 0.15) is 59.7 Å². The van der Waals surface area contributed by atoms with Crippen LogP contribution in [0, 0.1) is 19.8 Å². The summed E-state index contributed by atoms with van der Waals surface area (Å²) in [5, 5.41) is 15.4. The van der Waals surface area contributed by atoms with Gasteiger partial charge in [0, 0.05) is 18.3 Å². The summed E-state index contributed by atoms with van der Waals surface area (Å²) in [4.78, 5) is 25.5. The topological polar surface area (TPSA) is 88.9 Å². The number of carbonyl (C=O) groups is 2. The number of benzene rings is 2. The lowest BCUT2D eigenvalue weighted by Crippen LogP contribution is -2.33. The Balaban J connectivity index is 1.68. The van der Waals surface area contributed by atoms with E-state index in [-0.39, 0.29) is 29.5 Å². The van der Waals surface area contributed by atoms with Crippen molar-refractivity contribution in [1.29, 1.82) is 0 Å². The first-order valence-corrected chi connectivity index (χ1v) is 12.5. The molecule has 8 heteroatoms. The largest absolute Gasteiger partial charge is 0.342 e. The van der Waals surface area contributed by atoms with E-state index in [4.69, 9.17) is 0 Å². The van der Waals surface area contributed by atoms with E-state index in [0.717, 1.165) is 28.8 Å². The van der Waals surface area contributed by atoms with Crippen molar-refractivity contribution in [2.45, 2.75) is 52.2 Å². The highest BCUT2D eigenvalue weighted by atomic mass is 32.2. The number of amides is 2. The molecule has 1 atom stereocenters. The molecule has 0 spiro atoms. The van der Waals surface area contributed by atoms with Crippen LogP contribution in [0.3, 0.4) is 0 Å². The van der Waals surface area contributed by atoms with Gasteiger partial charge in [-0.05, 0) is 49.4 Å². The van der Waals surface area contributed by atoms with Gasteiger partial charge in [0.2, 0.25) is 5.91 Å². The fraction of sp³-hybridized carbons (Fsp3) is 0.385. The van der Waals surface area contributed by atoms with Crippen molar-refractivity contribution in [3.05, 3.63) is 70.5 Å². The van der Waals surface area contributed by atoms with Crippen LogP contribution in [-0.2, 0) is 18.3 Å². The predicted molar refractivity (Wildman–Crippen MR) is 137 cm³/mol. The smallest absolute Gasteiger partial charge is 0.251 e. The zero-order valence-corrected chi connectivity index (χ0v) is 21.5. The van der Waals surface area contributed by atoms with Crippen molar-refractivity contribution >= 4 is 29.3 Å². The number of hydrogen-bond donors (Lipinski definition) is 2. The molecule has 0 aliphatic rings. The molecule has 0 aliphatic heterocycles. The minimum atomic E-state index is -0.312. The van der Waals surface area contributed by atoms with E-state index >= 15 is 0 Å². The van der Waals surface area contributed by atoms with E-state index in [1.54, 1.807) is 0 Å². The van der Waals surface area contributed by atoms with Crippen molar-refractivity contribution in [3.8, 4) is 0 Å². The minimum Gasteiger partial charge on any atom is -0.342 e. The van der Waals surface area contributed by atoms with Crippen LogP contribution in [0.5, 0.6) is 0 Å². The number of thioether (sulfide) groups is 1. The third-order valence-electron chi connectivity index (χ3n) is 5.75. The average Bonchev–Trinajstić information content (AvgIpc) is 3.17. The molecule has 34 heavy (non-hydrogen) atoms. The van der Waals surface area contributed by atoms with Crippen LogP contribution in [0.2, 0.25) is 0 Å². The Morgan fingerprint density at radius 3 is 2.41 bits per heavy atom. The molecule has 2 amide bonds. The average molecular weight is 480 g/mol. The van der Waals surface area contributed by atoms with Crippen LogP contribution in [-0.4, -0.2) is 32.3 Å². The number of rotatable bonds is 9. The van der Waals surface area contributed by atoms with Gasteiger partial charge in [0.05, 0.1) is 11.8 Å². The maximum atomic E-state index is 12.8. The molecule has 2 aromatic carbocycles. The monoisotopic (exact) mass is 479 g/mol. The summed E-state index contributed by atoms with van der Waals surface area (Å²) in [6.45, 7) is 10.1. The van der Waals surface area contributed by atoms with E-state index in [9.17, 15) is 9.59 Å². The van der Waals surface area contributed by atoms with Gasteiger partial charge in [0.1, 0.15) is 0 Å². The first-order valence-electron chi connectivity index (χ1n) is 11.5. The molecule has 0 radical (unpaired) electrons. The highest BCUT2D eigenvalue weighted by Gasteiger charge is 2.25. The van der Waals surface area contributed by atoms with Gasteiger partial charge in [-0.25, -0.2) is 0 Å². The molecule has 0 saturated carbocycles. The van der Waals surface area contributed by atoms with E-state index in [2.05, 4.69) is 27.8 Å². The molecule has 0 aliphatic carbocycles. The van der Waals surface area contributed by atoms with E-state index in [1.165, 1.54) is 11.8 Å². The van der Waals surface area contributed by atoms with Crippen molar-refractivity contribution in [3.63, 3.8) is 0 Å². The van der Waals surface area contributed by atoms with Gasteiger partial charge in [-0.3, -0.25) is 9.59 Å². The Morgan fingerprint density at radius 2 is 1.76 bits per heavy atom. The fourth-order valence-electron chi connectivity index (χ4n) is 3.69. The Kier molecular flexibility index (Phi) is 8.50. The van der Waals surface area contributed by atoms with Crippen LogP contribution in [0.4, 0.5) is 5.69 Å². The first-order chi connectivity index (χ1) is 16.2. The fourth-order valence-corrected chi connectivity index (χ4v) is 4.41. The van der Waals surface area contributed by atoms with Gasteiger partial charge in [0.25, 0.3) is 5.91 Å². The van der Waals surface area contributed by atoms with E-state index in [1.807, 2.05) is 81.8 Å². The molecular weight excluding hydrogens is 446 g/mol. The lowest BCUT2D eigenvalue weighted by molar-refractivity contribution is -0.113. The Bertz CT molecular complexity index is 1150. The second kappa shape index (κ2) is 11.3. The summed E-state index contributed by atoms with van der Waals surface area (Å²) in [5.41, 5.74) is 4.75. The summed E-state index contributed by atoms with van der Waals surface area (Å²) in [7, 11) is 1.86. The highest BCUT2D eigenvalue weighted by Crippen LogP contribution is 2.25. The van der Waals surface area contributed by atoms with E-state index in [0.29, 0.717) is 16.5 Å². The first kappa shape index (κ1) is 25.5. The maximum Gasteiger partial charge on any atom is 0.251 e. The maximum absolute atomic E-state index is 12.8. The normalized spacial score (nSPS) is 12.0. The van der Waals surface area contributed by atoms with Gasteiger partial charge in [-0.15, -0.1) is 10.2 Å². The number of aryl methyl sites for hydroxylation is 3. The predicted octanol–water partition coefficient (Wildman–Crippen LogP) is 4.85. The summed E-state index contributed by atoms with van der Waals surface area (Å²) in [6.07, 6.45) is 0.849. The van der Waals surface area contributed by atoms with Crippen LogP contribution >= 0.6 is 11.8 Å². The molecule has 2 N–H and O–H groups in total. The molecule has 0 fully saturated rings. The molecule has 0 unspecified atom stereocenters. The standard InChI is InChI=1S/C26H33N5O2S/c1-7-19-10-8-9-18(5)23(19)27-21(32)15-34-26-30-29-24(31(26)6)22(16(2)3)28-25(33)20-13-11-17(4)12-14-20/h8-14,16,22H,7,15H2,1-6H3,(H,27,32)(H,28,33)/t22-/m0/s1. The number of hydrogen-bond acceptors (Lipinski definition) is 5. The van der Waals surface area contributed by atoms with Gasteiger partial charge in [-0.2, -0.15) is 0 Å². The summed E-state index contributed by atoms with van der Waals surface area (Å²) < 4.78 is 1.85. The number of carbonyl (C=O) groups excluding carboxylic acids is 2. The van der Waals surface area contributed by atoms with Crippen molar-refractivity contribution < 1.29 is 9.59 Å². The molecule has 1 heterocycles. The second-order valence-corrected chi connectivity index (χ2v) is 9.70. The Labute approximate surface area is 205 Å². The highest BCUT2D eigenvalue weighted by molar-refractivity contribution is 7.99. The molecule has 3 rings (SSSR count). The Morgan fingerprint density at radius 1 is 1.06 bits per heavy atom. The zero-order chi connectivity index (χ0) is 24.8. The molecular formula is C26H33N5O2S. The number of aromatic nitrogens is 3. The number of nitrogens with zero attached hydrogens (tertiary/aromatic N) is 3. The van der Waals surface area contributed by atoms with Gasteiger partial charge in [0.15, 0.2) is 11.0 Å². The molecule has 7 nitrogen and oxygen atoms in total. The molecule has 1 aromatic heterocycles. The van der Waals surface area contributed by atoms with Crippen LogP contribution in [0.25, 0.3) is 0 Å². The van der Waals surface area contributed by atoms with Crippen molar-refractivity contribution in [1.82, 2.24) is 20.1 Å². The lowest BCUT2D eigenvalue weighted by Gasteiger charge is -2.21. The molecule has 0 bridgehead atoms. The summed E-state index contributed by atoms with van der Waals surface area (Å²) in [6, 6.07) is 13.2. The molecule has 3 aromatic rings. The number of nitrogens with one attached hydrogen (secondary N) is 2. The number of para-hydroxylation sites is 1. The zero-order valence-electron chi connectivity index (χ0n) is 20.7. The van der Waals surface area contributed by atoms with Gasteiger partial charge in [-0.1, -0.05) is 68.4 Å². The Hall–Kier alpha value is -3.13. The number of anilines is 1. The third kappa shape index (κ3) is 6.05. The van der Waals surface area contributed by atoms with Gasteiger partial charge < -0.3 is 15.2 Å².